The number of carbonyl (C=O) groups is 1. The summed E-state index contributed by atoms with van der Waals surface area (Å²) in [5.41, 5.74) is -2.24. The van der Waals surface area contributed by atoms with Crippen LogP contribution in [0.1, 0.15) is 10.4 Å². The summed E-state index contributed by atoms with van der Waals surface area (Å²) >= 11 is 0. The molecule has 5 aromatic carbocycles. The molecule has 1 heterocycles. The number of methoxy groups -OCH3 is 1. The van der Waals surface area contributed by atoms with Gasteiger partial charge in [0.15, 0.2) is 7.14 Å². The fourth-order valence-corrected chi connectivity index (χ4v) is 7.69. The van der Waals surface area contributed by atoms with E-state index >= 15 is 0 Å². The molecular weight excluding hydrogens is 766 g/mol. The number of aromatic nitrogens is 1. The maximum absolute atomic E-state index is 13.8. The largest absolute Gasteiger partial charge is 0.506 e. The standard InChI is InChI=1S/C18H12F3NO4.C18H15OP.Eu/c1-26-11-7-8-12-13(9-11)22(10-5-3-2-4-6-10)17(25)14(15(12)23)16(24)18(19,20)21;19-20(16-10-4-1-5-11-16,17-12-6-2-7-13-17)18-14-8-3-9-15-18;/h2-9,23H,1H3;1-15H;. The number of benzene rings is 5. The summed E-state index contributed by atoms with van der Waals surface area (Å²) < 4.78 is 58.6. The molecule has 0 fully saturated rings. The van der Waals surface area contributed by atoms with Gasteiger partial charge in [-0.05, 0) is 24.3 Å². The van der Waals surface area contributed by atoms with Crippen molar-refractivity contribution in [3.05, 3.63) is 155 Å². The van der Waals surface area contributed by atoms with Gasteiger partial charge in [-0.25, -0.2) is 0 Å². The van der Waals surface area contributed by atoms with Gasteiger partial charge in [0, 0.05) is 82.4 Å². The Morgan fingerprint density at radius 1 is 0.723 bits per heavy atom. The molecule has 6 nitrogen and oxygen atoms in total. The van der Waals surface area contributed by atoms with Gasteiger partial charge >= 0.3 is 6.18 Å². The van der Waals surface area contributed by atoms with Crippen LogP contribution in [0.25, 0.3) is 16.6 Å². The number of hydrogen-bond donors (Lipinski definition) is 1. The number of ketones is 1. The van der Waals surface area contributed by atoms with Gasteiger partial charge in [0.1, 0.15) is 17.1 Å². The topological polar surface area (TPSA) is 85.6 Å². The smallest absolute Gasteiger partial charge is 0.455 e. The van der Waals surface area contributed by atoms with Gasteiger partial charge in [-0.1, -0.05) is 109 Å². The van der Waals surface area contributed by atoms with Crippen LogP contribution in [0.5, 0.6) is 11.5 Å². The summed E-state index contributed by atoms with van der Waals surface area (Å²) in [4.78, 5) is 24.5. The van der Waals surface area contributed by atoms with Crippen LogP contribution in [0, 0.1) is 49.4 Å². The van der Waals surface area contributed by atoms with E-state index < -0.39 is 36.0 Å². The van der Waals surface area contributed by atoms with E-state index in [1.54, 1.807) is 18.2 Å². The first-order valence-electron chi connectivity index (χ1n) is 14.0. The second kappa shape index (κ2) is 15.4. The van der Waals surface area contributed by atoms with Crippen LogP contribution >= 0.6 is 7.14 Å². The minimum Gasteiger partial charge on any atom is -0.506 e. The maximum atomic E-state index is 13.8. The molecule has 6 aromatic rings. The monoisotopic (exact) mass is 794 g/mol. The molecule has 239 valence electrons. The molecule has 0 aliphatic heterocycles. The average molecular weight is 794 g/mol. The van der Waals surface area contributed by atoms with Crippen LogP contribution in [-0.2, 0) is 4.57 Å². The third-order valence-electron chi connectivity index (χ3n) is 7.21. The summed E-state index contributed by atoms with van der Waals surface area (Å²) in [7, 11) is -1.39. The van der Waals surface area contributed by atoms with E-state index in [1.165, 1.54) is 37.4 Å². The van der Waals surface area contributed by atoms with Crippen molar-refractivity contribution < 1.29 is 81.8 Å². The number of carbonyl (C=O) groups excluding carboxylic acids is 1. The van der Waals surface area contributed by atoms with Crippen LogP contribution in [0.4, 0.5) is 13.2 Å². The summed E-state index contributed by atoms with van der Waals surface area (Å²) in [6.45, 7) is 0. The molecule has 0 saturated carbocycles. The number of pyridine rings is 1. The molecule has 0 saturated heterocycles. The van der Waals surface area contributed by atoms with Crippen LogP contribution in [-0.4, -0.2) is 28.7 Å². The van der Waals surface area contributed by atoms with Crippen LogP contribution in [0.3, 0.4) is 0 Å². The minimum absolute atomic E-state index is 0. The molecule has 0 amide bonds. The molecule has 1 N–H and O–H groups in total. The number of halogens is 3. The molecule has 47 heavy (non-hydrogen) atoms. The number of rotatable bonds is 6. The number of Topliss-reactive ketones (excluding diaryl/α,β-unsaturated/α-hetero) is 1. The summed E-state index contributed by atoms with van der Waals surface area (Å²) in [5, 5.41) is 12.8. The van der Waals surface area contributed by atoms with Gasteiger partial charge in [-0.15, -0.1) is 0 Å². The molecule has 1 aromatic heterocycles. The quantitative estimate of drug-likeness (QED) is 0.149. The fraction of sp³-hybridized carbons (Fsp3) is 0.0556. The third kappa shape index (κ3) is 7.52. The van der Waals surface area contributed by atoms with Gasteiger partial charge in [0.05, 0.1) is 12.6 Å². The molecule has 0 unspecified atom stereocenters. The van der Waals surface area contributed by atoms with Crippen molar-refractivity contribution >= 4 is 39.7 Å². The molecule has 0 bridgehead atoms. The van der Waals surface area contributed by atoms with Crippen molar-refractivity contribution in [3.8, 4) is 17.2 Å². The maximum Gasteiger partial charge on any atom is 0.455 e. The molecule has 11 heteroatoms. The Hall–Kier alpha value is -3.82. The van der Waals surface area contributed by atoms with Crippen LogP contribution < -0.4 is 26.2 Å². The molecule has 0 aliphatic rings. The zero-order chi connectivity index (χ0) is 32.9. The van der Waals surface area contributed by atoms with Gasteiger partial charge in [-0.3, -0.25) is 14.2 Å². The van der Waals surface area contributed by atoms with E-state index in [0.717, 1.165) is 20.5 Å². The van der Waals surface area contributed by atoms with Crippen molar-refractivity contribution in [1.29, 1.82) is 0 Å². The predicted octanol–water partition coefficient (Wildman–Crippen LogP) is 6.78. The Kier molecular flexibility index (Phi) is 11.8. The van der Waals surface area contributed by atoms with E-state index in [-0.39, 0.29) is 66.0 Å². The Morgan fingerprint density at radius 3 is 1.55 bits per heavy atom. The Bertz CT molecular complexity index is 1990. The second-order valence-corrected chi connectivity index (χ2v) is 12.8. The van der Waals surface area contributed by atoms with E-state index in [9.17, 15) is 32.4 Å². The third-order valence-corrected chi connectivity index (χ3v) is 10.3. The van der Waals surface area contributed by atoms with Crippen molar-refractivity contribution in [2.45, 2.75) is 6.18 Å². The SMILES string of the molecule is COc1ccc2c(O)c(C(=O)C(F)(F)F)c(=O)n(-c3ccccc3)c2c1.O=P(c1ccccc1)(c1ccccc1)c1ccccc1.[Eu]. The fourth-order valence-electron chi connectivity index (χ4n) is 5.02. The zero-order valence-corrected chi connectivity index (χ0v) is 28.1. The van der Waals surface area contributed by atoms with E-state index in [2.05, 4.69) is 0 Å². The first-order chi connectivity index (χ1) is 22.1. The molecule has 0 aliphatic carbocycles. The molecule has 1 radical (unpaired) electrons. The number of hydrogen-bond acceptors (Lipinski definition) is 5. The molecule has 0 spiro atoms. The molecular formula is C36H27EuF3NO5P. The number of ether oxygens (including phenoxy) is 1. The molecule has 0 atom stereocenters. The van der Waals surface area contributed by atoms with E-state index in [1.807, 2.05) is 91.0 Å². The van der Waals surface area contributed by atoms with Crippen molar-refractivity contribution in [2.75, 3.05) is 7.11 Å². The van der Waals surface area contributed by atoms with Crippen LogP contribution in [0.15, 0.2) is 144 Å². The Balaban J connectivity index is 0.000000215. The van der Waals surface area contributed by atoms with Crippen molar-refractivity contribution in [2.24, 2.45) is 0 Å². The van der Waals surface area contributed by atoms with Gasteiger partial charge in [-0.2, -0.15) is 13.2 Å². The van der Waals surface area contributed by atoms with Crippen molar-refractivity contribution in [1.82, 2.24) is 4.57 Å². The zero-order valence-electron chi connectivity index (χ0n) is 24.8. The first-order valence-corrected chi connectivity index (χ1v) is 15.7. The van der Waals surface area contributed by atoms with Gasteiger partial charge in [0.2, 0.25) is 0 Å². The van der Waals surface area contributed by atoms with Gasteiger partial charge < -0.3 is 14.4 Å². The first kappa shape index (κ1) is 36.0. The average Bonchev–Trinajstić information content (AvgIpc) is 3.09. The summed E-state index contributed by atoms with van der Waals surface area (Å²) in [6.07, 6.45) is -5.30. The summed E-state index contributed by atoms with van der Waals surface area (Å²) in [6, 6.07) is 41.1. The van der Waals surface area contributed by atoms with Crippen molar-refractivity contribution in [3.63, 3.8) is 0 Å². The predicted molar refractivity (Wildman–Crippen MR) is 174 cm³/mol. The molecule has 6 rings (SSSR count). The number of aromatic hydroxyl groups is 1. The minimum atomic E-state index is -5.30. The number of para-hydroxylation sites is 1. The van der Waals surface area contributed by atoms with Gasteiger partial charge in [0.25, 0.3) is 11.3 Å². The normalized spacial score (nSPS) is 11.1. The Morgan fingerprint density at radius 2 is 1.15 bits per heavy atom. The number of alkyl halides is 3. The van der Waals surface area contributed by atoms with E-state index in [0.29, 0.717) is 5.75 Å². The van der Waals surface area contributed by atoms with Crippen LogP contribution in [0.2, 0.25) is 0 Å². The number of fused-ring (bicyclic) bond motifs is 1. The summed E-state index contributed by atoms with van der Waals surface area (Å²) in [5.74, 6) is -3.08. The number of nitrogens with zero attached hydrogens (tertiary/aromatic N) is 1. The Labute approximate surface area is 309 Å². The van der Waals surface area contributed by atoms with E-state index in [4.69, 9.17) is 4.74 Å². The second-order valence-electron chi connectivity index (χ2n) is 10.0.